The molecule has 5 nitrogen and oxygen atoms in total. The van der Waals surface area contributed by atoms with E-state index in [2.05, 4.69) is 26.0 Å². The minimum absolute atomic E-state index is 0.319. The Balaban J connectivity index is 2.22. The second-order valence-electron chi connectivity index (χ2n) is 4.72. The maximum absolute atomic E-state index is 12.2. The minimum atomic E-state index is -4.73. The molecule has 0 bridgehead atoms. The molecule has 0 unspecified atom stereocenters. The van der Waals surface area contributed by atoms with Crippen LogP contribution in [0, 0.1) is 0 Å². The summed E-state index contributed by atoms with van der Waals surface area (Å²) in [6, 6.07) is 8.57. The van der Waals surface area contributed by atoms with E-state index in [1.54, 1.807) is 19.2 Å². The van der Waals surface area contributed by atoms with Crippen LogP contribution in [0.15, 0.2) is 40.9 Å². The molecule has 0 aliphatic carbocycles. The summed E-state index contributed by atoms with van der Waals surface area (Å²) in [5.41, 5.74) is 0.783. The Labute approximate surface area is 155 Å². The summed E-state index contributed by atoms with van der Waals surface area (Å²) < 4.78 is 52.0. The predicted octanol–water partition coefficient (Wildman–Crippen LogP) is 4.76. The molecule has 0 amide bonds. The van der Waals surface area contributed by atoms with Crippen molar-refractivity contribution in [2.45, 2.75) is 12.9 Å². The van der Waals surface area contributed by atoms with Gasteiger partial charge in [-0.15, -0.1) is 13.2 Å². The van der Waals surface area contributed by atoms with Crippen LogP contribution in [0.3, 0.4) is 0 Å². The van der Waals surface area contributed by atoms with Crippen LogP contribution in [0.5, 0.6) is 23.0 Å². The summed E-state index contributed by atoms with van der Waals surface area (Å²) in [6.07, 6.45) is -4.73. The van der Waals surface area contributed by atoms with E-state index in [0.29, 0.717) is 40.5 Å². The summed E-state index contributed by atoms with van der Waals surface area (Å²) in [5, 5.41) is 8.31. The molecular weight excluding hydrogens is 425 g/mol. The van der Waals surface area contributed by atoms with Gasteiger partial charge in [0.1, 0.15) is 29.5 Å². The summed E-state index contributed by atoms with van der Waals surface area (Å²) in [7, 11) is 1.77. The first-order valence-corrected chi connectivity index (χ1v) is 8.46. The van der Waals surface area contributed by atoms with Gasteiger partial charge in [-0.3, -0.25) is 0 Å². The van der Waals surface area contributed by atoms with Crippen LogP contribution in [-0.2, 0) is 6.54 Å². The Morgan fingerprint density at radius 2 is 1.76 bits per heavy atom. The van der Waals surface area contributed by atoms with Crippen LogP contribution >= 0.6 is 28.2 Å². The Morgan fingerprint density at radius 3 is 2.32 bits per heavy atom. The highest BCUT2D eigenvalue weighted by atomic mass is 79.9. The van der Waals surface area contributed by atoms with E-state index in [1.807, 2.05) is 0 Å². The molecular formula is C15H14BrF3N2O3S. The van der Waals surface area contributed by atoms with E-state index in [4.69, 9.17) is 14.1 Å². The third-order valence-electron chi connectivity index (χ3n) is 2.91. The molecule has 0 fully saturated rings. The lowest BCUT2D eigenvalue weighted by molar-refractivity contribution is -0.274. The van der Waals surface area contributed by atoms with Crippen molar-refractivity contribution in [1.82, 2.24) is 5.32 Å². The van der Waals surface area contributed by atoms with Gasteiger partial charge in [-0.1, -0.05) is 0 Å². The Bertz CT molecular complexity index is 714. The molecule has 0 saturated carbocycles. The third kappa shape index (κ3) is 5.99. The van der Waals surface area contributed by atoms with Gasteiger partial charge in [0, 0.05) is 12.1 Å². The van der Waals surface area contributed by atoms with Crippen LogP contribution in [-0.4, -0.2) is 13.4 Å². The molecule has 136 valence electrons. The molecule has 25 heavy (non-hydrogen) atoms. The average Bonchev–Trinajstić information content (AvgIpc) is 2.52. The first kappa shape index (κ1) is 19.7. The molecule has 0 aromatic heterocycles. The highest BCUT2D eigenvalue weighted by Gasteiger charge is 2.31. The zero-order valence-corrected chi connectivity index (χ0v) is 15.3. The molecule has 0 saturated heterocycles. The predicted molar refractivity (Wildman–Crippen MR) is 92.5 cm³/mol. The molecule has 2 aromatic rings. The fourth-order valence-corrected chi connectivity index (χ4v) is 2.70. The molecule has 3 N–H and O–H groups in total. The summed E-state index contributed by atoms with van der Waals surface area (Å²) >= 11 is 4.07. The fraction of sp³-hybridized carbons (Fsp3) is 0.200. The number of benzene rings is 2. The number of hydrogen-bond donors (Lipinski definition) is 2. The van der Waals surface area contributed by atoms with E-state index in [1.165, 1.54) is 24.3 Å². The molecule has 0 radical (unpaired) electrons. The maximum Gasteiger partial charge on any atom is 0.573 e. The first-order chi connectivity index (χ1) is 11.8. The number of halogens is 4. The van der Waals surface area contributed by atoms with Crippen molar-refractivity contribution in [3.05, 3.63) is 46.4 Å². The van der Waals surface area contributed by atoms with Gasteiger partial charge >= 0.3 is 6.36 Å². The topological polar surface area (TPSA) is 65.7 Å². The fourth-order valence-electron chi connectivity index (χ4n) is 1.95. The second-order valence-corrected chi connectivity index (χ2v) is 5.93. The van der Waals surface area contributed by atoms with E-state index >= 15 is 0 Å². The zero-order valence-electron chi connectivity index (χ0n) is 12.9. The SMILES string of the molecule is CNCc1cc(OSN)c(Br)cc1Oc1ccc(OC(F)(F)F)cc1. The summed E-state index contributed by atoms with van der Waals surface area (Å²) in [6.45, 7) is 0.490. The quantitative estimate of drug-likeness (QED) is 0.479. The molecule has 0 aliphatic rings. The Kier molecular flexibility index (Phi) is 6.82. The normalized spacial score (nSPS) is 11.3. The number of ether oxygens (including phenoxy) is 2. The van der Waals surface area contributed by atoms with Gasteiger partial charge in [-0.05, 0) is 59.4 Å². The molecule has 0 heterocycles. The largest absolute Gasteiger partial charge is 0.573 e. The van der Waals surface area contributed by atoms with Gasteiger partial charge in [0.25, 0.3) is 0 Å². The lowest BCUT2D eigenvalue weighted by Gasteiger charge is -2.14. The molecule has 0 atom stereocenters. The zero-order chi connectivity index (χ0) is 18.4. The van der Waals surface area contributed by atoms with Gasteiger partial charge in [0.2, 0.25) is 0 Å². The van der Waals surface area contributed by atoms with E-state index in [-0.39, 0.29) is 5.75 Å². The first-order valence-electron chi connectivity index (χ1n) is 6.86. The molecule has 2 rings (SSSR count). The smallest absolute Gasteiger partial charge is 0.457 e. The average molecular weight is 439 g/mol. The van der Waals surface area contributed by atoms with Gasteiger partial charge in [-0.2, -0.15) is 0 Å². The van der Waals surface area contributed by atoms with Gasteiger partial charge in [-0.25, -0.2) is 5.14 Å². The van der Waals surface area contributed by atoms with Crippen LogP contribution in [0.25, 0.3) is 0 Å². The van der Waals surface area contributed by atoms with Gasteiger partial charge < -0.3 is 19.0 Å². The van der Waals surface area contributed by atoms with E-state index < -0.39 is 6.36 Å². The van der Waals surface area contributed by atoms with Crippen molar-refractivity contribution < 1.29 is 26.8 Å². The lowest BCUT2D eigenvalue weighted by Crippen LogP contribution is -2.16. The van der Waals surface area contributed by atoms with Crippen molar-refractivity contribution in [2.75, 3.05) is 7.05 Å². The number of nitrogens with two attached hydrogens (primary N) is 1. The number of nitrogens with one attached hydrogen (secondary N) is 1. The van der Waals surface area contributed by atoms with Crippen LogP contribution in [0.2, 0.25) is 0 Å². The van der Waals surface area contributed by atoms with Crippen LogP contribution in [0.1, 0.15) is 5.56 Å². The monoisotopic (exact) mass is 438 g/mol. The molecule has 10 heteroatoms. The molecule has 2 aromatic carbocycles. The van der Waals surface area contributed by atoms with Crippen molar-refractivity contribution >= 4 is 28.2 Å². The van der Waals surface area contributed by atoms with E-state index in [0.717, 1.165) is 5.56 Å². The highest BCUT2D eigenvalue weighted by Crippen LogP contribution is 2.36. The Morgan fingerprint density at radius 1 is 1.12 bits per heavy atom. The Hall–Kier alpha value is -1.62. The highest BCUT2D eigenvalue weighted by molar-refractivity contribution is 9.10. The van der Waals surface area contributed by atoms with Crippen molar-refractivity contribution in [3.63, 3.8) is 0 Å². The summed E-state index contributed by atoms with van der Waals surface area (Å²) in [5.74, 6) is 1.08. The lowest BCUT2D eigenvalue weighted by atomic mass is 10.2. The minimum Gasteiger partial charge on any atom is -0.457 e. The van der Waals surface area contributed by atoms with Crippen molar-refractivity contribution in [3.8, 4) is 23.0 Å². The second kappa shape index (κ2) is 8.65. The van der Waals surface area contributed by atoms with E-state index in [9.17, 15) is 13.2 Å². The maximum atomic E-state index is 12.2. The van der Waals surface area contributed by atoms with Crippen LogP contribution < -0.4 is 24.1 Å². The number of rotatable bonds is 7. The standard InChI is InChI=1S/C15H14BrF3N2O3S/c1-21-8-9-6-14(24-25-20)12(16)7-13(9)22-10-2-4-11(5-3-10)23-15(17,18)19/h2-7,21H,8,20H2,1H3. The van der Waals surface area contributed by atoms with Gasteiger partial charge in [0.05, 0.1) is 4.47 Å². The van der Waals surface area contributed by atoms with Gasteiger partial charge in [0.15, 0.2) is 5.75 Å². The number of alkyl halides is 3. The number of hydrogen-bond acceptors (Lipinski definition) is 6. The third-order valence-corrected chi connectivity index (χ3v) is 3.80. The van der Waals surface area contributed by atoms with Crippen molar-refractivity contribution in [1.29, 1.82) is 0 Å². The van der Waals surface area contributed by atoms with Crippen LogP contribution in [0.4, 0.5) is 13.2 Å². The molecule has 0 aliphatic heterocycles. The van der Waals surface area contributed by atoms with Crippen molar-refractivity contribution in [2.24, 2.45) is 5.14 Å². The molecule has 0 spiro atoms. The summed E-state index contributed by atoms with van der Waals surface area (Å²) in [4.78, 5) is 0.